The second-order valence-electron chi connectivity index (χ2n) is 6.95. The van der Waals surface area contributed by atoms with Gasteiger partial charge >= 0.3 is 0 Å². The van der Waals surface area contributed by atoms with Crippen molar-refractivity contribution < 1.29 is 18.8 Å². The Morgan fingerprint density at radius 2 is 2.07 bits per heavy atom. The van der Waals surface area contributed by atoms with Crippen molar-refractivity contribution in [3.05, 3.63) is 39.6 Å². The molecular weight excluding hydrogens is 417 g/mol. The third-order valence-electron chi connectivity index (χ3n) is 4.95. The molecule has 1 amide bonds. The number of Topliss-reactive ketones (excluding diaryl/α,β-unsaturated/α-hetero) is 1. The minimum Gasteiger partial charge on any atom is -0.385 e. The predicted molar refractivity (Wildman–Crippen MR) is 110 cm³/mol. The van der Waals surface area contributed by atoms with Gasteiger partial charge in [-0.15, -0.1) is 0 Å². The molecule has 3 rings (SSSR count). The van der Waals surface area contributed by atoms with Crippen LogP contribution in [0.15, 0.2) is 22.7 Å². The van der Waals surface area contributed by atoms with Gasteiger partial charge in [0.2, 0.25) is 5.91 Å². The van der Waals surface area contributed by atoms with Crippen molar-refractivity contribution in [1.82, 2.24) is 15.8 Å². The fourth-order valence-electron chi connectivity index (χ4n) is 3.45. The largest absolute Gasteiger partial charge is 0.385 e. The molecule has 156 valence electrons. The van der Waals surface area contributed by atoms with Gasteiger partial charge in [-0.25, -0.2) is 0 Å². The number of carbonyl (C=O) groups is 2. The lowest BCUT2D eigenvalue weighted by molar-refractivity contribution is -0.122. The maximum absolute atomic E-state index is 13.2. The Kier molecular flexibility index (Phi) is 7.29. The van der Waals surface area contributed by atoms with Gasteiger partial charge in [-0.1, -0.05) is 34.4 Å². The highest BCUT2D eigenvalue weighted by molar-refractivity contribution is 6.39. The molecule has 9 heteroatoms. The molecule has 0 spiro atoms. The van der Waals surface area contributed by atoms with E-state index in [1.807, 2.05) is 0 Å². The van der Waals surface area contributed by atoms with Gasteiger partial charge in [-0.05, 0) is 31.9 Å². The zero-order chi connectivity index (χ0) is 21.0. The molecule has 0 radical (unpaired) electrons. The molecular formula is C20H23Cl2N3O4. The Hall–Kier alpha value is -1.93. The molecule has 0 aliphatic carbocycles. The average Bonchev–Trinajstić information content (AvgIpc) is 3.32. The van der Waals surface area contributed by atoms with Crippen LogP contribution in [-0.2, 0) is 9.53 Å². The smallest absolute Gasteiger partial charge is 0.237 e. The van der Waals surface area contributed by atoms with Gasteiger partial charge in [0, 0.05) is 38.3 Å². The van der Waals surface area contributed by atoms with Gasteiger partial charge in [-0.2, -0.15) is 0 Å². The minimum absolute atomic E-state index is 0.118. The number of ether oxygens (including phenoxy) is 1. The second-order valence-corrected chi connectivity index (χ2v) is 7.77. The minimum atomic E-state index is -0.418. The Morgan fingerprint density at radius 1 is 1.34 bits per heavy atom. The molecule has 1 fully saturated rings. The van der Waals surface area contributed by atoms with Crippen molar-refractivity contribution in [3.8, 4) is 11.3 Å². The van der Waals surface area contributed by atoms with Gasteiger partial charge in [0.25, 0.3) is 0 Å². The van der Waals surface area contributed by atoms with E-state index in [1.54, 1.807) is 32.2 Å². The molecule has 1 saturated heterocycles. The summed E-state index contributed by atoms with van der Waals surface area (Å²) in [7, 11) is 1.62. The van der Waals surface area contributed by atoms with Crippen LogP contribution in [0.4, 0.5) is 0 Å². The van der Waals surface area contributed by atoms with Crippen molar-refractivity contribution in [1.29, 1.82) is 0 Å². The van der Waals surface area contributed by atoms with E-state index < -0.39 is 6.04 Å². The number of hydrogen-bond acceptors (Lipinski definition) is 6. The number of ketones is 1. The Balaban J connectivity index is 1.74. The van der Waals surface area contributed by atoms with Crippen LogP contribution in [0, 0.1) is 12.8 Å². The molecule has 7 nitrogen and oxygen atoms in total. The Bertz CT molecular complexity index is 880. The number of halogens is 2. The summed E-state index contributed by atoms with van der Waals surface area (Å²) in [6.45, 7) is 3.19. The first-order valence-corrected chi connectivity index (χ1v) is 10.1. The van der Waals surface area contributed by atoms with Crippen LogP contribution in [0.3, 0.4) is 0 Å². The van der Waals surface area contributed by atoms with Crippen LogP contribution in [0.2, 0.25) is 10.0 Å². The maximum Gasteiger partial charge on any atom is 0.237 e. The second kappa shape index (κ2) is 9.71. The van der Waals surface area contributed by atoms with E-state index in [-0.39, 0.29) is 17.6 Å². The maximum atomic E-state index is 13.2. The molecule has 2 unspecified atom stereocenters. The van der Waals surface area contributed by atoms with E-state index in [4.69, 9.17) is 32.5 Å². The third-order valence-corrected chi connectivity index (χ3v) is 5.58. The first-order chi connectivity index (χ1) is 13.9. The first kappa shape index (κ1) is 21.8. The molecule has 1 aromatic carbocycles. The molecule has 0 saturated carbocycles. The number of carbonyl (C=O) groups excluding carboxylic acids is 2. The van der Waals surface area contributed by atoms with E-state index in [2.05, 4.69) is 15.8 Å². The van der Waals surface area contributed by atoms with Crippen LogP contribution in [0.25, 0.3) is 11.3 Å². The standard InChI is InChI=1S/C20H23Cl2N3O4/c1-11-16(18(25-29-11)17-13(21)5-3-6-14(17)22)19(26)12-9-15(24-10-12)20(27)23-7-4-8-28-2/h3,5-6,12,15,24H,4,7-10H2,1-2H3,(H,23,27). The van der Waals surface area contributed by atoms with Gasteiger partial charge in [0.05, 0.1) is 21.7 Å². The summed E-state index contributed by atoms with van der Waals surface area (Å²) in [6.07, 6.45) is 1.13. The number of benzene rings is 1. The van der Waals surface area contributed by atoms with Crippen LogP contribution in [-0.4, -0.2) is 49.7 Å². The van der Waals surface area contributed by atoms with E-state index in [1.165, 1.54) is 0 Å². The highest BCUT2D eigenvalue weighted by Crippen LogP contribution is 2.38. The first-order valence-electron chi connectivity index (χ1n) is 9.39. The lowest BCUT2D eigenvalue weighted by Crippen LogP contribution is -2.40. The van der Waals surface area contributed by atoms with Crippen LogP contribution in [0.5, 0.6) is 0 Å². The molecule has 2 atom stereocenters. The van der Waals surface area contributed by atoms with Crippen LogP contribution < -0.4 is 10.6 Å². The number of hydrogen-bond donors (Lipinski definition) is 2. The summed E-state index contributed by atoms with van der Waals surface area (Å²) in [5, 5.41) is 10.8. The van der Waals surface area contributed by atoms with E-state index in [0.717, 1.165) is 6.42 Å². The molecule has 2 N–H and O–H groups in total. The third kappa shape index (κ3) is 4.80. The number of nitrogens with zero attached hydrogens (tertiary/aromatic N) is 1. The summed E-state index contributed by atoms with van der Waals surface area (Å²) in [6, 6.07) is 4.67. The topological polar surface area (TPSA) is 93.5 Å². The van der Waals surface area contributed by atoms with Gasteiger partial charge in [-0.3, -0.25) is 9.59 Å². The normalized spacial score (nSPS) is 18.8. The fourth-order valence-corrected chi connectivity index (χ4v) is 4.02. The van der Waals surface area contributed by atoms with Crippen LogP contribution in [0.1, 0.15) is 29.0 Å². The monoisotopic (exact) mass is 439 g/mol. The number of amides is 1. The molecule has 0 bridgehead atoms. The molecule has 1 aromatic heterocycles. The molecule has 29 heavy (non-hydrogen) atoms. The molecule has 2 heterocycles. The quantitative estimate of drug-likeness (QED) is 0.484. The highest BCUT2D eigenvalue weighted by Gasteiger charge is 2.37. The predicted octanol–water partition coefficient (Wildman–Crippen LogP) is 3.27. The van der Waals surface area contributed by atoms with E-state index >= 15 is 0 Å². The summed E-state index contributed by atoms with van der Waals surface area (Å²) in [4.78, 5) is 25.6. The van der Waals surface area contributed by atoms with Gasteiger partial charge in [0.1, 0.15) is 11.5 Å². The molecule has 2 aromatic rings. The van der Waals surface area contributed by atoms with Crippen molar-refractivity contribution in [3.63, 3.8) is 0 Å². The van der Waals surface area contributed by atoms with Gasteiger partial charge in [0.15, 0.2) is 5.78 Å². The highest BCUT2D eigenvalue weighted by atomic mass is 35.5. The number of aryl methyl sites for hydroxylation is 1. The van der Waals surface area contributed by atoms with Crippen molar-refractivity contribution in [2.45, 2.75) is 25.8 Å². The summed E-state index contributed by atoms with van der Waals surface area (Å²) < 4.78 is 10.3. The zero-order valence-electron chi connectivity index (χ0n) is 16.3. The van der Waals surface area contributed by atoms with E-state index in [0.29, 0.717) is 58.7 Å². The van der Waals surface area contributed by atoms with Crippen molar-refractivity contribution in [2.24, 2.45) is 5.92 Å². The summed E-state index contributed by atoms with van der Waals surface area (Å²) in [5.41, 5.74) is 1.15. The average molecular weight is 440 g/mol. The lowest BCUT2D eigenvalue weighted by atomic mass is 9.92. The zero-order valence-corrected chi connectivity index (χ0v) is 17.8. The van der Waals surface area contributed by atoms with E-state index in [9.17, 15) is 9.59 Å². The summed E-state index contributed by atoms with van der Waals surface area (Å²) >= 11 is 12.6. The van der Waals surface area contributed by atoms with Gasteiger partial charge < -0.3 is 19.9 Å². The Labute approximate surface area is 179 Å². The molecule has 1 aliphatic rings. The lowest BCUT2D eigenvalue weighted by Gasteiger charge is -2.12. The fraction of sp³-hybridized carbons (Fsp3) is 0.450. The molecule has 1 aliphatic heterocycles. The van der Waals surface area contributed by atoms with Crippen molar-refractivity contribution in [2.75, 3.05) is 26.8 Å². The number of methoxy groups -OCH3 is 1. The summed E-state index contributed by atoms with van der Waals surface area (Å²) in [5.74, 6) is -0.235. The number of rotatable bonds is 8. The van der Waals surface area contributed by atoms with Crippen molar-refractivity contribution >= 4 is 34.9 Å². The number of aromatic nitrogens is 1. The number of nitrogens with one attached hydrogen (secondary N) is 2. The van der Waals surface area contributed by atoms with Crippen LogP contribution >= 0.6 is 23.2 Å². The Morgan fingerprint density at radius 3 is 2.76 bits per heavy atom. The SMILES string of the molecule is COCCCNC(=O)C1CC(C(=O)c2c(-c3c(Cl)cccc3Cl)noc2C)CN1.